The van der Waals surface area contributed by atoms with Crippen LogP contribution in [0.4, 0.5) is 0 Å². The summed E-state index contributed by atoms with van der Waals surface area (Å²) < 4.78 is 0. The maximum atomic E-state index is 12.6. The first-order valence-electron chi connectivity index (χ1n) is 10.7. The summed E-state index contributed by atoms with van der Waals surface area (Å²) in [6.07, 6.45) is 10.4. The van der Waals surface area contributed by atoms with Gasteiger partial charge in [0.2, 0.25) is 0 Å². The molecule has 0 radical (unpaired) electrons. The van der Waals surface area contributed by atoms with Gasteiger partial charge in [0.05, 0.1) is 0 Å². The Balaban J connectivity index is 1.68. The van der Waals surface area contributed by atoms with Gasteiger partial charge in [-0.3, -0.25) is 9.59 Å². The Morgan fingerprint density at radius 2 is 1.96 bits per heavy atom. The first-order chi connectivity index (χ1) is 12.3. The van der Waals surface area contributed by atoms with Crippen LogP contribution < -0.4 is 0 Å². The van der Waals surface area contributed by atoms with Crippen LogP contribution in [0.25, 0.3) is 0 Å². The molecule has 3 heteroatoms. The van der Waals surface area contributed by atoms with Crippen LogP contribution in [0.5, 0.6) is 0 Å². The second kappa shape index (κ2) is 6.29. The minimum absolute atomic E-state index is 0.0427. The number of allylic oxidation sites excluding steroid dienone is 1. The van der Waals surface area contributed by atoms with E-state index in [0.29, 0.717) is 35.9 Å². The summed E-state index contributed by atoms with van der Waals surface area (Å²) in [4.78, 5) is 24.6. The predicted molar refractivity (Wildman–Crippen MR) is 101 cm³/mol. The molecule has 0 aliphatic heterocycles. The van der Waals surface area contributed by atoms with E-state index >= 15 is 0 Å². The molecule has 0 aromatic carbocycles. The molecule has 4 aliphatic rings. The molecule has 4 rings (SSSR count). The summed E-state index contributed by atoms with van der Waals surface area (Å²) in [7, 11) is 0. The third-order valence-electron chi connectivity index (χ3n) is 9.17. The van der Waals surface area contributed by atoms with Crippen molar-refractivity contribution in [1.82, 2.24) is 0 Å². The molecule has 3 saturated carbocycles. The van der Waals surface area contributed by atoms with Crippen LogP contribution in [0, 0.1) is 40.4 Å². The molecular formula is C23H34O3. The smallest absolute Gasteiger partial charge is 0.162 e. The quantitative estimate of drug-likeness (QED) is 0.817. The highest BCUT2D eigenvalue weighted by Gasteiger charge is 2.62. The number of Topliss-reactive ketones (excluding diaryl/α,β-unsaturated/α-hetero) is 1. The van der Waals surface area contributed by atoms with Crippen molar-refractivity contribution in [2.24, 2.45) is 40.4 Å². The van der Waals surface area contributed by atoms with Gasteiger partial charge in [-0.15, -0.1) is 0 Å². The Bertz CT molecular complexity index is 650. The second-order valence-electron chi connectivity index (χ2n) is 10.0. The van der Waals surface area contributed by atoms with Crippen LogP contribution in [0.15, 0.2) is 11.6 Å². The summed E-state index contributed by atoms with van der Waals surface area (Å²) >= 11 is 0. The van der Waals surface area contributed by atoms with Crippen molar-refractivity contribution >= 4 is 11.6 Å². The average molecular weight is 359 g/mol. The Labute approximate surface area is 157 Å². The highest BCUT2D eigenvalue weighted by Crippen LogP contribution is 2.68. The third kappa shape index (κ3) is 2.42. The Hall–Kier alpha value is -0.960. The molecule has 3 nitrogen and oxygen atoms in total. The number of rotatable bonds is 3. The summed E-state index contributed by atoms with van der Waals surface area (Å²) in [5, 5.41) is 9.58. The van der Waals surface area contributed by atoms with Gasteiger partial charge in [0.25, 0.3) is 0 Å². The van der Waals surface area contributed by atoms with Crippen molar-refractivity contribution in [3.05, 3.63) is 11.6 Å². The van der Waals surface area contributed by atoms with Gasteiger partial charge in [-0.25, -0.2) is 0 Å². The van der Waals surface area contributed by atoms with Gasteiger partial charge in [0.1, 0.15) is 6.61 Å². The molecule has 0 aromatic rings. The lowest BCUT2D eigenvalue weighted by Crippen LogP contribution is -2.51. The van der Waals surface area contributed by atoms with E-state index in [2.05, 4.69) is 20.8 Å². The number of aliphatic hydroxyl groups excluding tert-OH is 1. The van der Waals surface area contributed by atoms with Gasteiger partial charge >= 0.3 is 0 Å². The fourth-order valence-corrected chi connectivity index (χ4v) is 7.87. The van der Waals surface area contributed by atoms with E-state index in [4.69, 9.17) is 0 Å². The normalized spacial score (nSPS) is 47.6. The molecule has 4 aliphatic carbocycles. The SMILES string of the molecule is CC[C@@H]1C[C@H]2[C@@H]3CCC4=CC(=O)CC[C@]4(C)[C@H]3CC[C@]2(C)[C@H]1C(=O)CO. The van der Waals surface area contributed by atoms with Crippen molar-refractivity contribution < 1.29 is 14.7 Å². The lowest BCUT2D eigenvalue weighted by atomic mass is 9.46. The van der Waals surface area contributed by atoms with E-state index in [1.54, 1.807) is 0 Å². The number of carbonyl (C=O) groups excluding carboxylic acids is 2. The lowest BCUT2D eigenvalue weighted by Gasteiger charge is -2.58. The number of carbonyl (C=O) groups is 2. The molecule has 0 spiro atoms. The standard InChI is InChI=1S/C23H34O3/c1-4-14-11-19-17-6-5-15-12-16(25)7-9-22(15,2)18(17)8-10-23(19,3)21(14)20(26)13-24/h12,14,17-19,21,24H,4-11,13H2,1-3H3/t14-,17-,18+,19+,21-,22+,23+/m1/s1. The molecule has 3 fully saturated rings. The predicted octanol–water partition coefficient (Wildman–Crippen LogP) is 4.33. The van der Waals surface area contributed by atoms with Crippen LogP contribution in [-0.2, 0) is 9.59 Å². The summed E-state index contributed by atoms with van der Waals surface area (Å²) in [5.74, 6) is 2.80. The highest BCUT2D eigenvalue weighted by molar-refractivity contribution is 5.91. The topological polar surface area (TPSA) is 54.4 Å². The molecule has 0 saturated heterocycles. The van der Waals surface area contributed by atoms with E-state index in [9.17, 15) is 14.7 Å². The highest BCUT2D eigenvalue weighted by atomic mass is 16.3. The fraction of sp³-hybridized carbons (Fsp3) is 0.826. The number of hydrogen-bond donors (Lipinski definition) is 1. The molecule has 26 heavy (non-hydrogen) atoms. The minimum atomic E-state index is -0.301. The van der Waals surface area contributed by atoms with Gasteiger partial charge in [0, 0.05) is 12.3 Å². The zero-order valence-corrected chi connectivity index (χ0v) is 16.6. The Kier molecular flexibility index (Phi) is 4.45. The van der Waals surface area contributed by atoms with Gasteiger partial charge in [-0.1, -0.05) is 32.8 Å². The number of fused-ring (bicyclic) bond motifs is 5. The van der Waals surface area contributed by atoms with Crippen molar-refractivity contribution in [3.63, 3.8) is 0 Å². The van der Waals surface area contributed by atoms with Crippen LogP contribution in [-0.4, -0.2) is 23.3 Å². The first-order valence-corrected chi connectivity index (χ1v) is 10.7. The molecule has 0 heterocycles. The fourth-order valence-electron chi connectivity index (χ4n) is 7.87. The molecular weight excluding hydrogens is 324 g/mol. The molecule has 144 valence electrons. The number of hydrogen-bond acceptors (Lipinski definition) is 3. The van der Waals surface area contributed by atoms with E-state index < -0.39 is 0 Å². The maximum Gasteiger partial charge on any atom is 0.162 e. The van der Waals surface area contributed by atoms with Crippen LogP contribution in [0.3, 0.4) is 0 Å². The minimum Gasteiger partial charge on any atom is -0.389 e. The van der Waals surface area contributed by atoms with Crippen molar-refractivity contribution in [1.29, 1.82) is 0 Å². The van der Waals surface area contributed by atoms with Crippen LogP contribution >= 0.6 is 0 Å². The molecule has 0 amide bonds. The van der Waals surface area contributed by atoms with Crippen molar-refractivity contribution in [2.45, 2.75) is 72.1 Å². The van der Waals surface area contributed by atoms with Gasteiger partial charge in [-0.2, -0.15) is 0 Å². The zero-order chi connectivity index (χ0) is 18.7. The lowest BCUT2D eigenvalue weighted by molar-refractivity contribution is -0.134. The van der Waals surface area contributed by atoms with E-state index in [1.807, 2.05) is 6.08 Å². The van der Waals surface area contributed by atoms with Gasteiger partial charge in [-0.05, 0) is 79.1 Å². The summed E-state index contributed by atoms with van der Waals surface area (Å²) in [5.41, 5.74) is 1.66. The largest absolute Gasteiger partial charge is 0.389 e. The summed E-state index contributed by atoms with van der Waals surface area (Å²) in [6, 6.07) is 0. The van der Waals surface area contributed by atoms with E-state index in [-0.39, 0.29) is 29.1 Å². The number of aliphatic hydroxyl groups is 1. The second-order valence-corrected chi connectivity index (χ2v) is 10.0. The maximum absolute atomic E-state index is 12.6. The third-order valence-corrected chi connectivity index (χ3v) is 9.17. The molecule has 0 unspecified atom stereocenters. The van der Waals surface area contributed by atoms with Crippen LogP contribution in [0.2, 0.25) is 0 Å². The Morgan fingerprint density at radius 3 is 2.65 bits per heavy atom. The molecule has 0 aromatic heterocycles. The molecule has 1 N–H and O–H groups in total. The molecule has 7 atom stereocenters. The van der Waals surface area contributed by atoms with Gasteiger partial charge in [0.15, 0.2) is 11.6 Å². The number of ketones is 2. The van der Waals surface area contributed by atoms with Crippen molar-refractivity contribution in [2.75, 3.05) is 6.61 Å². The summed E-state index contributed by atoms with van der Waals surface area (Å²) in [6.45, 7) is 6.66. The monoisotopic (exact) mass is 358 g/mol. The Morgan fingerprint density at radius 1 is 1.19 bits per heavy atom. The molecule has 0 bridgehead atoms. The average Bonchev–Trinajstić information content (AvgIpc) is 2.94. The van der Waals surface area contributed by atoms with E-state index in [0.717, 1.165) is 32.1 Å². The first kappa shape index (κ1) is 18.4. The van der Waals surface area contributed by atoms with E-state index in [1.165, 1.54) is 18.4 Å². The van der Waals surface area contributed by atoms with Gasteiger partial charge < -0.3 is 5.11 Å². The van der Waals surface area contributed by atoms with Crippen molar-refractivity contribution in [3.8, 4) is 0 Å². The van der Waals surface area contributed by atoms with Crippen LogP contribution in [0.1, 0.15) is 72.1 Å². The zero-order valence-electron chi connectivity index (χ0n) is 16.6.